The Bertz CT molecular complexity index is 551. The average molecular weight is 273 g/mol. The van der Waals surface area contributed by atoms with Gasteiger partial charge in [0.15, 0.2) is 5.03 Å². The molecule has 2 atom stereocenters. The van der Waals surface area contributed by atoms with Crippen LogP contribution in [0.1, 0.15) is 19.3 Å². The van der Waals surface area contributed by atoms with E-state index in [9.17, 15) is 13.2 Å². The van der Waals surface area contributed by atoms with Crippen LogP contribution in [0.4, 0.5) is 0 Å². The highest BCUT2D eigenvalue weighted by Gasteiger charge is 2.33. The van der Waals surface area contributed by atoms with Gasteiger partial charge in [0.05, 0.1) is 12.1 Å². The van der Waals surface area contributed by atoms with E-state index in [4.69, 9.17) is 5.11 Å². The summed E-state index contributed by atoms with van der Waals surface area (Å²) in [6, 6.07) is 1.09. The number of sulfonamides is 1. The molecule has 1 aromatic rings. The van der Waals surface area contributed by atoms with Gasteiger partial charge in [-0.25, -0.2) is 13.1 Å². The van der Waals surface area contributed by atoms with Crippen molar-refractivity contribution in [1.82, 2.24) is 14.5 Å². The average Bonchev–Trinajstić information content (AvgIpc) is 2.86. The molecule has 0 unspecified atom stereocenters. The zero-order valence-corrected chi connectivity index (χ0v) is 10.7. The Balaban J connectivity index is 2.07. The molecule has 0 aliphatic heterocycles. The lowest BCUT2D eigenvalue weighted by atomic mass is 10.1. The van der Waals surface area contributed by atoms with Gasteiger partial charge in [-0.15, -0.1) is 0 Å². The number of hydrogen-bond acceptors (Lipinski definition) is 4. The lowest BCUT2D eigenvalue weighted by Gasteiger charge is -2.12. The first-order valence-electron chi connectivity index (χ1n) is 5.63. The third-order valence-corrected chi connectivity index (χ3v) is 4.75. The van der Waals surface area contributed by atoms with Crippen molar-refractivity contribution in [1.29, 1.82) is 0 Å². The first-order valence-corrected chi connectivity index (χ1v) is 7.11. The second-order valence-electron chi connectivity index (χ2n) is 4.46. The Kier molecular flexibility index (Phi) is 3.40. The Morgan fingerprint density at radius 2 is 2.28 bits per heavy atom. The summed E-state index contributed by atoms with van der Waals surface area (Å²) in [4.78, 5) is 10.8. The maximum Gasteiger partial charge on any atom is 0.306 e. The molecule has 8 heteroatoms. The summed E-state index contributed by atoms with van der Waals surface area (Å²) < 4.78 is 27.9. The normalized spacial score (nSPS) is 24.3. The van der Waals surface area contributed by atoms with Crippen LogP contribution in [-0.2, 0) is 21.9 Å². The number of nitrogens with one attached hydrogen (secondary N) is 1. The van der Waals surface area contributed by atoms with Crippen LogP contribution in [-0.4, -0.2) is 35.3 Å². The van der Waals surface area contributed by atoms with Crippen LogP contribution in [0.3, 0.4) is 0 Å². The highest BCUT2D eigenvalue weighted by Crippen LogP contribution is 2.26. The van der Waals surface area contributed by atoms with E-state index in [1.54, 1.807) is 7.05 Å². The van der Waals surface area contributed by atoms with Gasteiger partial charge >= 0.3 is 5.97 Å². The number of carbonyl (C=O) groups is 1. The number of carboxylic acids is 1. The molecule has 7 nitrogen and oxygen atoms in total. The molecule has 1 aromatic heterocycles. The van der Waals surface area contributed by atoms with Gasteiger partial charge in [-0.2, -0.15) is 5.10 Å². The molecule has 0 saturated heterocycles. The van der Waals surface area contributed by atoms with E-state index >= 15 is 0 Å². The van der Waals surface area contributed by atoms with Crippen molar-refractivity contribution >= 4 is 16.0 Å². The molecule has 0 aromatic carbocycles. The molecule has 0 amide bonds. The fourth-order valence-corrected chi connectivity index (χ4v) is 3.63. The number of aryl methyl sites for hydroxylation is 1. The zero-order chi connectivity index (χ0) is 13.3. The third kappa shape index (κ3) is 2.54. The van der Waals surface area contributed by atoms with Crippen molar-refractivity contribution in [2.75, 3.05) is 0 Å². The topological polar surface area (TPSA) is 101 Å². The van der Waals surface area contributed by atoms with E-state index in [1.807, 2.05) is 0 Å². The summed E-state index contributed by atoms with van der Waals surface area (Å²) in [7, 11) is -2.08. The van der Waals surface area contributed by atoms with Gasteiger partial charge < -0.3 is 5.11 Å². The molecular formula is C10H15N3O4S. The molecular weight excluding hydrogens is 258 g/mol. The smallest absolute Gasteiger partial charge is 0.306 e. The molecule has 0 bridgehead atoms. The molecule has 1 aliphatic rings. The first kappa shape index (κ1) is 13.0. The Morgan fingerprint density at radius 3 is 2.78 bits per heavy atom. The maximum absolute atomic E-state index is 12.0. The van der Waals surface area contributed by atoms with Crippen molar-refractivity contribution in [3.63, 3.8) is 0 Å². The van der Waals surface area contributed by atoms with Crippen LogP contribution in [0, 0.1) is 5.92 Å². The molecule has 1 fully saturated rings. The van der Waals surface area contributed by atoms with Crippen molar-refractivity contribution in [2.24, 2.45) is 13.0 Å². The number of aromatic nitrogens is 2. The van der Waals surface area contributed by atoms with E-state index in [1.165, 1.54) is 16.9 Å². The lowest BCUT2D eigenvalue weighted by Crippen LogP contribution is -2.34. The fraction of sp³-hybridized carbons (Fsp3) is 0.600. The van der Waals surface area contributed by atoms with Crippen molar-refractivity contribution < 1.29 is 18.3 Å². The Labute approximate surface area is 105 Å². The molecule has 18 heavy (non-hydrogen) atoms. The molecule has 0 spiro atoms. The molecule has 1 aliphatic carbocycles. The van der Waals surface area contributed by atoms with Gasteiger partial charge in [-0.05, 0) is 25.3 Å². The van der Waals surface area contributed by atoms with E-state index in [-0.39, 0.29) is 11.1 Å². The van der Waals surface area contributed by atoms with Gasteiger partial charge in [0.25, 0.3) is 10.0 Å². The minimum absolute atomic E-state index is 0.0845. The highest BCUT2D eigenvalue weighted by atomic mass is 32.2. The van der Waals surface area contributed by atoms with Crippen LogP contribution in [0.25, 0.3) is 0 Å². The molecule has 2 N–H and O–H groups in total. The number of hydrogen-bond donors (Lipinski definition) is 2. The molecule has 100 valence electrons. The van der Waals surface area contributed by atoms with E-state index in [0.717, 1.165) is 0 Å². The summed E-state index contributed by atoms with van der Waals surface area (Å²) in [5, 5.41) is 12.8. The van der Waals surface area contributed by atoms with E-state index < -0.39 is 21.9 Å². The SMILES string of the molecule is Cn1nccc1S(=O)(=O)N[C@H]1CC[C@@H](C(=O)O)C1. The van der Waals surface area contributed by atoms with E-state index in [2.05, 4.69) is 9.82 Å². The van der Waals surface area contributed by atoms with Crippen molar-refractivity contribution in [3.8, 4) is 0 Å². The number of nitrogens with zero attached hydrogens (tertiary/aromatic N) is 2. The van der Waals surface area contributed by atoms with Crippen LogP contribution in [0.2, 0.25) is 0 Å². The van der Waals surface area contributed by atoms with Gasteiger partial charge in [0, 0.05) is 13.1 Å². The second kappa shape index (κ2) is 4.69. The Hall–Kier alpha value is -1.41. The fourth-order valence-electron chi connectivity index (χ4n) is 2.22. The molecule has 2 rings (SSSR count). The number of aliphatic carboxylic acids is 1. The van der Waals surface area contributed by atoms with Crippen LogP contribution in [0.5, 0.6) is 0 Å². The summed E-state index contributed by atoms with van der Waals surface area (Å²) in [6.45, 7) is 0. The van der Waals surface area contributed by atoms with Crippen molar-refractivity contribution in [2.45, 2.75) is 30.3 Å². The predicted molar refractivity (Wildman–Crippen MR) is 62.3 cm³/mol. The zero-order valence-electron chi connectivity index (χ0n) is 9.91. The molecule has 0 radical (unpaired) electrons. The van der Waals surface area contributed by atoms with Crippen LogP contribution in [0.15, 0.2) is 17.3 Å². The largest absolute Gasteiger partial charge is 0.481 e. The van der Waals surface area contributed by atoms with Gasteiger partial charge in [0.1, 0.15) is 0 Å². The number of rotatable bonds is 4. The lowest BCUT2D eigenvalue weighted by molar-refractivity contribution is -0.141. The van der Waals surface area contributed by atoms with Gasteiger partial charge in [-0.3, -0.25) is 9.48 Å². The third-order valence-electron chi connectivity index (χ3n) is 3.15. The Morgan fingerprint density at radius 1 is 1.56 bits per heavy atom. The summed E-state index contributed by atoms with van der Waals surface area (Å²) >= 11 is 0. The molecule has 1 heterocycles. The quantitative estimate of drug-likeness (QED) is 0.801. The minimum Gasteiger partial charge on any atom is -0.481 e. The first-order chi connectivity index (χ1) is 8.40. The predicted octanol–water partition coefficient (Wildman–Crippen LogP) is -0.0483. The molecule has 1 saturated carbocycles. The van der Waals surface area contributed by atoms with Gasteiger partial charge in [-0.1, -0.05) is 0 Å². The summed E-state index contributed by atoms with van der Waals surface area (Å²) in [6.07, 6.45) is 2.80. The van der Waals surface area contributed by atoms with Crippen LogP contribution >= 0.6 is 0 Å². The van der Waals surface area contributed by atoms with Crippen molar-refractivity contribution in [3.05, 3.63) is 12.3 Å². The summed E-state index contributed by atoms with van der Waals surface area (Å²) in [5.74, 6) is -1.32. The number of carboxylic acid groups (broad SMARTS) is 1. The highest BCUT2D eigenvalue weighted by molar-refractivity contribution is 7.89. The monoisotopic (exact) mass is 273 g/mol. The van der Waals surface area contributed by atoms with Gasteiger partial charge in [0.2, 0.25) is 0 Å². The second-order valence-corrected chi connectivity index (χ2v) is 6.12. The maximum atomic E-state index is 12.0. The van der Waals surface area contributed by atoms with Crippen LogP contribution < -0.4 is 4.72 Å². The van der Waals surface area contributed by atoms with E-state index in [0.29, 0.717) is 19.3 Å². The summed E-state index contributed by atoms with van der Waals surface area (Å²) in [5.41, 5.74) is 0. The standard InChI is InChI=1S/C10H15N3O4S/c1-13-9(4-5-11-13)18(16,17)12-8-3-2-7(6-8)10(14)15/h4-5,7-8,12H,2-3,6H2,1H3,(H,14,15)/t7-,8+/m1/s1. The minimum atomic E-state index is -3.62.